The molecule has 0 saturated heterocycles. The number of esters is 2. The van der Waals surface area contributed by atoms with Gasteiger partial charge in [0.15, 0.2) is 0 Å². The summed E-state index contributed by atoms with van der Waals surface area (Å²) in [6.45, 7) is -1.88. The van der Waals surface area contributed by atoms with Gasteiger partial charge in [0.2, 0.25) is 0 Å². The van der Waals surface area contributed by atoms with Crippen LogP contribution in [0.5, 0.6) is 0 Å². The maximum Gasteiger partial charge on any atom is 0.460 e. The normalized spacial score (nSPS) is 15.5. The van der Waals surface area contributed by atoms with Gasteiger partial charge in [-0.2, -0.15) is 61.5 Å². The van der Waals surface area contributed by atoms with Crippen molar-refractivity contribution in [2.75, 3.05) is 13.2 Å². The van der Waals surface area contributed by atoms with Crippen molar-refractivity contribution in [3.05, 3.63) is 0 Å². The predicted molar refractivity (Wildman–Crippen MR) is 67.6 cm³/mol. The molecular weight excluding hydrogens is 486 g/mol. The highest BCUT2D eigenvalue weighted by Gasteiger charge is 2.78. The third-order valence-electron chi connectivity index (χ3n) is 3.36. The van der Waals surface area contributed by atoms with E-state index in [1.54, 1.807) is 0 Å². The van der Waals surface area contributed by atoms with Gasteiger partial charge in [-0.3, -0.25) is 0 Å². The van der Waals surface area contributed by atoms with E-state index in [0.717, 1.165) is 6.92 Å². The van der Waals surface area contributed by atoms with Crippen LogP contribution in [0.2, 0.25) is 0 Å². The highest BCUT2D eigenvalue weighted by atomic mass is 19.4. The Labute approximate surface area is 162 Å². The molecule has 18 heteroatoms. The zero-order chi connectivity index (χ0) is 25.3. The standard InChI is InChI=1S/C13H10F14O4/c1-5(4-31-7(29)9(16,17)11(20,21)13(25,26)27)2-3-30-6(28)8(14,15)10(18,19)12(22,23)24/h5H,2-4H2,1H3. The van der Waals surface area contributed by atoms with E-state index in [-0.39, 0.29) is 0 Å². The second-order valence-electron chi connectivity index (χ2n) is 5.92. The van der Waals surface area contributed by atoms with Gasteiger partial charge in [-0.15, -0.1) is 0 Å². The van der Waals surface area contributed by atoms with Crippen LogP contribution in [0, 0.1) is 5.92 Å². The minimum absolute atomic E-state index is 0.851. The van der Waals surface area contributed by atoms with Gasteiger partial charge >= 0.3 is 48.0 Å². The molecule has 0 spiro atoms. The highest BCUT2D eigenvalue weighted by Crippen LogP contribution is 2.48. The third-order valence-corrected chi connectivity index (χ3v) is 3.36. The number of rotatable bonds is 9. The van der Waals surface area contributed by atoms with Crippen LogP contribution in [0.3, 0.4) is 0 Å². The van der Waals surface area contributed by atoms with E-state index in [0.29, 0.717) is 0 Å². The number of hydrogen-bond acceptors (Lipinski definition) is 4. The number of hydrogen-bond donors (Lipinski definition) is 0. The van der Waals surface area contributed by atoms with E-state index >= 15 is 0 Å². The lowest BCUT2D eigenvalue weighted by atomic mass is 10.1. The molecule has 0 radical (unpaired) electrons. The summed E-state index contributed by atoms with van der Waals surface area (Å²) in [7, 11) is 0. The first-order valence-electron chi connectivity index (χ1n) is 7.43. The van der Waals surface area contributed by atoms with Gasteiger partial charge in [0, 0.05) is 0 Å². The molecule has 0 fully saturated rings. The monoisotopic (exact) mass is 496 g/mol. The number of halogens is 14. The van der Waals surface area contributed by atoms with Crippen molar-refractivity contribution in [1.29, 1.82) is 0 Å². The molecule has 0 aliphatic rings. The SMILES string of the molecule is CC(CCOC(=O)C(F)(F)C(F)(F)C(F)(F)F)COC(=O)C(F)(F)C(F)(F)C(F)(F)F. The smallest absolute Gasteiger partial charge is 0.460 e. The maximum atomic E-state index is 13.0. The molecule has 0 amide bonds. The third kappa shape index (κ3) is 5.81. The Kier molecular flexibility index (Phi) is 8.25. The maximum absolute atomic E-state index is 13.0. The number of alkyl halides is 14. The van der Waals surface area contributed by atoms with Crippen LogP contribution in [-0.2, 0) is 19.1 Å². The Bertz CT molecular complexity index is 652. The molecule has 0 rings (SSSR count). The molecule has 0 saturated carbocycles. The summed E-state index contributed by atoms with van der Waals surface area (Å²) in [5, 5.41) is 0. The largest absolute Gasteiger partial charge is 0.461 e. The molecule has 184 valence electrons. The summed E-state index contributed by atoms with van der Waals surface area (Å²) >= 11 is 0. The molecule has 0 aliphatic carbocycles. The molecule has 0 heterocycles. The lowest BCUT2D eigenvalue weighted by molar-refractivity contribution is -0.348. The van der Waals surface area contributed by atoms with Gasteiger partial charge in [0.05, 0.1) is 13.2 Å². The van der Waals surface area contributed by atoms with Gasteiger partial charge in [-0.25, -0.2) is 9.59 Å². The fourth-order valence-electron chi connectivity index (χ4n) is 1.45. The number of carbonyl (C=O) groups excluding carboxylic acids is 2. The molecule has 0 aromatic rings. The average Bonchev–Trinajstić information content (AvgIpc) is 2.56. The van der Waals surface area contributed by atoms with Crippen molar-refractivity contribution in [2.45, 2.75) is 49.4 Å². The van der Waals surface area contributed by atoms with Crippen LogP contribution >= 0.6 is 0 Å². The molecule has 31 heavy (non-hydrogen) atoms. The predicted octanol–water partition coefficient (Wildman–Crippen LogP) is 4.76. The molecule has 4 nitrogen and oxygen atoms in total. The molecule has 0 bridgehead atoms. The van der Waals surface area contributed by atoms with Crippen molar-refractivity contribution < 1.29 is 80.5 Å². The van der Waals surface area contributed by atoms with Crippen LogP contribution < -0.4 is 0 Å². The quantitative estimate of drug-likeness (QED) is 0.341. The van der Waals surface area contributed by atoms with E-state index in [1.165, 1.54) is 0 Å². The zero-order valence-corrected chi connectivity index (χ0v) is 14.6. The summed E-state index contributed by atoms with van der Waals surface area (Å²) < 4.78 is 181. The fourth-order valence-corrected chi connectivity index (χ4v) is 1.45. The minimum Gasteiger partial charge on any atom is -0.461 e. The van der Waals surface area contributed by atoms with Crippen molar-refractivity contribution in [1.82, 2.24) is 0 Å². The summed E-state index contributed by atoms with van der Waals surface area (Å²) in [5.41, 5.74) is 0. The van der Waals surface area contributed by atoms with E-state index in [9.17, 15) is 71.1 Å². The van der Waals surface area contributed by atoms with Crippen LogP contribution in [0.1, 0.15) is 13.3 Å². The molecule has 0 aromatic carbocycles. The summed E-state index contributed by atoms with van der Waals surface area (Å²) in [5.74, 6) is -34.4. The summed E-state index contributed by atoms with van der Waals surface area (Å²) in [6, 6.07) is 0. The van der Waals surface area contributed by atoms with Gasteiger partial charge < -0.3 is 9.47 Å². The van der Waals surface area contributed by atoms with E-state index in [2.05, 4.69) is 9.47 Å². The van der Waals surface area contributed by atoms with Crippen LogP contribution in [0.4, 0.5) is 61.5 Å². The average molecular weight is 496 g/mol. The molecule has 0 aromatic heterocycles. The second-order valence-corrected chi connectivity index (χ2v) is 5.92. The Morgan fingerprint density at radius 3 is 1.29 bits per heavy atom. The van der Waals surface area contributed by atoms with Crippen LogP contribution in [0.25, 0.3) is 0 Å². The second kappa shape index (κ2) is 8.84. The first-order valence-corrected chi connectivity index (χ1v) is 7.43. The number of ether oxygens (including phenoxy) is 2. The molecular formula is C13H10F14O4. The Morgan fingerprint density at radius 2 is 0.968 bits per heavy atom. The van der Waals surface area contributed by atoms with Gasteiger partial charge in [-0.1, -0.05) is 6.92 Å². The summed E-state index contributed by atoms with van der Waals surface area (Å²) in [6.07, 6.45) is -14.5. The number of carbonyl (C=O) groups is 2. The molecule has 0 N–H and O–H groups in total. The first kappa shape index (κ1) is 29.0. The van der Waals surface area contributed by atoms with Crippen LogP contribution in [0.15, 0.2) is 0 Å². The zero-order valence-electron chi connectivity index (χ0n) is 14.6. The van der Waals surface area contributed by atoms with Crippen molar-refractivity contribution in [3.63, 3.8) is 0 Å². The van der Waals surface area contributed by atoms with Gasteiger partial charge in [-0.05, 0) is 12.3 Å². The highest BCUT2D eigenvalue weighted by molar-refractivity contribution is 5.79. The fraction of sp³-hybridized carbons (Fsp3) is 0.846. The topological polar surface area (TPSA) is 52.6 Å². The minimum atomic E-state index is -6.83. The van der Waals surface area contributed by atoms with E-state index in [1.807, 2.05) is 0 Å². The van der Waals surface area contributed by atoms with Crippen molar-refractivity contribution >= 4 is 11.9 Å². The molecule has 1 unspecified atom stereocenters. The van der Waals surface area contributed by atoms with Crippen molar-refractivity contribution in [3.8, 4) is 0 Å². The van der Waals surface area contributed by atoms with E-state index in [4.69, 9.17) is 0 Å². The lowest BCUT2D eigenvalue weighted by Gasteiger charge is -2.27. The Hall–Kier alpha value is -2.04. The lowest BCUT2D eigenvalue weighted by Crippen LogP contribution is -2.56. The van der Waals surface area contributed by atoms with Crippen molar-refractivity contribution in [2.24, 2.45) is 5.92 Å². The Morgan fingerprint density at radius 1 is 0.645 bits per heavy atom. The molecule has 1 atom stereocenters. The van der Waals surface area contributed by atoms with Crippen LogP contribution in [-0.4, -0.2) is 61.2 Å². The molecule has 0 aliphatic heterocycles. The Balaban J connectivity index is 4.81. The van der Waals surface area contributed by atoms with Gasteiger partial charge in [0.1, 0.15) is 0 Å². The van der Waals surface area contributed by atoms with Gasteiger partial charge in [0.25, 0.3) is 0 Å². The summed E-state index contributed by atoms with van der Waals surface area (Å²) in [4.78, 5) is 21.7. The van der Waals surface area contributed by atoms with E-state index < -0.39 is 73.5 Å². The first-order chi connectivity index (χ1) is 13.4.